The van der Waals surface area contributed by atoms with E-state index >= 15 is 0 Å². The summed E-state index contributed by atoms with van der Waals surface area (Å²) in [6.45, 7) is 0. The summed E-state index contributed by atoms with van der Waals surface area (Å²) in [5, 5.41) is 15.4. The molecule has 0 aliphatic carbocycles. The number of carbonyl (C=O) groups is 3. The van der Waals surface area contributed by atoms with E-state index < -0.39 is 18.5 Å². The largest absolute Gasteiger partial charge is 2.00 e. The first kappa shape index (κ1) is 31.1. The summed E-state index contributed by atoms with van der Waals surface area (Å²) in [6.07, 6.45) is -5.64. The van der Waals surface area contributed by atoms with Gasteiger partial charge in [0.05, 0.1) is 0 Å². The molecule has 0 aromatic rings. The molecule has 0 aliphatic heterocycles. The topological polar surface area (TPSA) is 110 Å². The van der Waals surface area contributed by atoms with E-state index in [1.165, 1.54) is 0 Å². The van der Waals surface area contributed by atoms with Crippen LogP contribution in [0.25, 0.3) is 0 Å². The van der Waals surface area contributed by atoms with Crippen molar-refractivity contribution in [2.45, 2.75) is 0 Å². The van der Waals surface area contributed by atoms with Crippen LogP contribution in [-0.4, -0.2) is 224 Å². The number of carbonyl (C=O) groups excluding carboxylic acids is 1. The minimum atomic E-state index is -1.92. The summed E-state index contributed by atoms with van der Waals surface area (Å²) in [6, 6.07) is 0. The van der Waals surface area contributed by atoms with Gasteiger partial charge in [-0.15, -0.1) is 0 Å². The van der Waals surface area contributed by atoms with Gasteiger partial charge < -0.3 is 31.1 Å². The third-order valence-electron chi connectivity index (χ3n) is 0.341. The smallest absolute Gasteiger partial charge is 1.00 e. The summed E-state index contributed by atoms with van der Waals surface area (Å²) < 4.78 is 6.47. The molecule has 14 heavy (non-hydrogen) atoms. The van der Waals surface area contributed by atoms with Crippen LogP contribution in [0.1, 0.15) is 11.4 Å². The molecule has 0 spiro atoms. The molecule has 72 valence electrons. The van der Waals surface area contributed by atoms with Crippen molar-refractivity contribution in [3.63, 3.8) is 0 Å². The molecule has 0 unspecified atom stereocenters. The average molecular weight is 707 g/mol. The number of rotatable bonds is 0. The van der Waals surface area contributed by atoms with Gasteiger partial charge in [0.2, 0.25) is 0 Å². The van der Waals surface area contributed by atoms with E-state index in [1.807, 2.05) is 0 Å². The number of carboxylic acid groups (broad SMARTS) is 2. The summed E-state index contributed by atoms with van der Waals surface area (Å²) >= 11 is 0. The average Bonchev–Trinajstić information content (AvgIpc) is 1.58. The molecule has 0 fully saturated rings. The molecular weight excluding hydrogens is 697 g/mol. The van der Waals surface area contributed by atoms with Gasteiger partial charge in [-0.3, -0.25) is 0 Å². The van der Waals surface area contributed by atoms with Crippen molar-refractivity contribution in [2.75, 3.05) is 0 Å². The van der Waals surface area contributed by atoms with Crippen LogP contribution in [-0.2, 0) is 9.47 Å². The minimum absolute atomic E-state index is 0. The third kappa shape index (κ3) is 25.4. The Morgan fingerprint density at radius 1 is 0.786 bits per heavy atom. The van der Waals surface area contributed by atoms with Crippen molar-refractivity contribution < 1.29 is 45.5 Å². The van der Waals surface area contributed by atoms with Gasteiger partial charge >= 0.3 is 214 Å². The first-order valence-electron chi connectivity index (χ1n) is 1.88. The normalized spacial score (nSPS) is 5.71. The van der Waals surface area contributed by atoms with E-state index in [-0.39, 0.29) is 207 Å². The molecule has 0 aromatic heterocycles. The maximum absolute atomic E-state index is 9.86. The van der Waals surface area contributed by atoms with Crippen LogP contribution in [0.4, 0.5) is 14.4 Å². The third-order valence-corrected chi connectivity index (χ3v) is 0.341. The fourth-order valence-electron chi connectivity index (χ4n) is 0.163. The molecule has 0 heterocycles. The van der Waals surface area contributed by atoms with E-state index in [0.717, 1.165) is 0 Å². The van der Waals surface area contributed by atoms with Gasteiger partial charge in [-0.25, -0.2) is 14.4 Å². The summed E-state index contributed by atoms with van der Waals surface area (Å²) in [7, 11) is 0. The van der Waals surface area contributed by atoms with Gasteiger partial charge in [-0.2, -0.15) is 0 Å². The summed E-state index contributed by atoms with van der Waals surface area (Å²) in [4.78, 5) is 28.8. The van der Waals surface area contributed by atoms with Crippen LogP contribution in [0.5, 0.6) is 0 Å². The van der Waals surface area contributed by atoms with Crippen LogP contribution in [0.3, 0.4) is 0 Å². The Morgan fingerprint density at radius 3 is 1.14 bits per heavy atom. The molecule has 0 rings (SSSR count). The molecule has 0 saturated carbocycles. The van der Waals surface area contributed by atoms with E-state index in [2.05, 4.69) is 9.47 Å². The van der Waals surface area contributed by atoms with E-state index in [1.54, 1.807) is 0 Å². The Morgan fingerprint density at radius 2 is 1.00 bits per heavy atom. The second-order valence-electron chi connectivity index (χ2n) is 0.986. The molecule has 7 nitrogen and oxygen atoms in total. The van der Waals surface area contributed by atoms with Crippen LogP contribution < -0.4 is 0 Å². The molecule has 0 bridgehead atoms. The van der Waals surface area contributed by atoms with Crippen molar-refractivity contribution in [3.05, 3.63) is 0 Å². The number of hydrogen-bond donors (Lipinski definition) is 2. The predicted octanol–water partition coefficient (Wildman–Crippen LogP) is -0.128. The van der Waals surface area contributed by atoms with Crippen molar-refractivity contribution in [1.82, 2.24) is 0 Å². The zero-order valence-electron chi connectivity index (χ0n) is 15.3. The standard InChI is InChI=1S/C3H2O7.4Ba.8H/c4-1(5)9-3(8)10-2(6)7;;;;;;;;;;;;/h(H,4,5)(H,6,7);;;;;;;;;;;;/q;4*+2;8*-1. The van der Waals surface area contributed by atoms with E-state index in [0.29, 0.717) is 0 Å². The van der Waals surface area contributed by atoms with Crippen LogP contribution in [0.15, 0.2) is 0 Å². The second kappa shape index (κ2) is 19.8. The monoisotopic (exact) mass is 710 g/mol. The first-order chi connectivity index (χ1) is 4.52. The zero-order valence-corrected chi connectivity index (χ0v) is 25.0. The SMILES string of the molecule is O=C(O)OC(=O)OC(=O)O.[Ba+2].[Ba+2].[Ba+2].[Ba+2].[H-].[H-].[H-].[H-].[H-].[H-].[H-].[H-]. The maximum atomic E-state index is 9.86. The molecule has 11 heteroatoms. The van der Waals surface area contributed by atoms with E-state index in [9.17, 15) is 14.4 Å². The van der Waals surface area contributed by atoms with Crippen molar-refractivity contribution in [2.24, 2.45) is 0 Å². The molecular formula is C3H10Ba4O7. The molecule has 0 aromatic carbocycles. The van der Waals surface area contributed by atoms with Crippen molar-refractivity contribution >= 4 is 214 Å². The van der Waals surface area contributed by atoms with Gasteiger partial charge in [0.1, 0.15) is 0 Å². The van der Waals surface area contributed by atoms with Gasteiger partial charge in [0.25, 0.3) is 0 Å². The van der Waals surface area contributed by atoms with Crippen molar-refractivity contribution in [1.29, 1.82) is 0 Å². The van der Waals surface area contributed by atoms with Crippen LogP contribution in [0.2, 0.25) is 0 Å². The zero-order chi connectivity index (χ0) is 8.15. The first-order valence-corrected chi connectivity index (χ1v) is 1.88. The van der Waals surface area contributed by atoms with Crippen molar-refractivity contribution in [3.8, 4) is 0 Å². The number of ether oxygens (including phenoxy) is 2. The fraction of sp³-hybridized carbons (Fsp3) is 0. The van der Waals surface area contributed by atoms with Gasteiger partial charge in [-0.1, -0.05) is 0 Å². The number of hydrogen-bond acceptors (Lipinski definition) is 5. The van der Waals surface area contributed by atoms with Gasteiger partial charge in [-0.05, 0) is 0 Å². The Labute approximate surface area is 252 Å². The summed E-state index contributed by atoms with van der Waals surface area (Å²) in [5.74, 6) is 0. The van der Waals surface area contributed by atoms with Crippen LogP contribution in [0, 0.1) is 0 Å². The maximum Gasteiger partial charge on any atom is 2.00 e. The Hall–Kier alpha value is 4.50. The molecule has 0 atom stereocenters. The fourth-order valence-corrected chi connectivity index (χ4v) is 0.163. The van der Waals surface area contributed by atoms with E-state index in [4.69, 9.17) is 10.2 Å². The Balaban J connectivity index is -0.00000000614. The quantitative estimate of drug-likeness (QED) is 0.205. The Kier molecular flexibility index (Phi) is 44.0. The minimum Gasteiger partial charge on any atom is -1.00 e. The molecule has 0 saturated heterocycles. The Bertz CT molecular complexity index is 185. The predicted molar refractivity (Wildman–Crippen MR) is 55.5 cm³/mol. The van der Waals surface area contributed by atoms with Gasteiger partial charge in [0, 0.05) is 0 Å². The molecule has 0 aliphatic rings. The van der Waals surface area contributed by atoms with Crippen LogP contribution >= 0.6 is 0 Å². The second-order valence-corrected chi connectivity index (χ2v) is 0.986. The molecule has 0 amide bonds. The van der Waals surface area contributed by atoms with Gasteiger partial charge in [0.15, 0.2) is 0 Å². The molecule has 0 radical (unpaired) electrons. The summed E-state index contributed by atoms with van der Waals surface area (Å²) in [5.41, 5.74) is 0. The molecule has 2 N–H and O–H groups in total.